The number of ether oxygens (including phenoxy) is 1. The summed E-state index contributed by atoms with van der Waals surface area (Å²) >= 11 is 0. The van der Waals surface area contributed by atoms with Crippen molar-refractivity contribution in [3.05, 3.63) is 42.2 Å². The molecule has 0 spiro atoms. The first-order valence-corrected chi connectivity index (χ1v) is 9.32. The van der Waals surface area contributed by atoms with Crippen molar-refractivity contribution in [1.82, 2.24) is 14.3 Å². The van der Waals surface area contributed by atoms with Crippen LogP contribution in [0.2, 0.25) is 0 Å². The van der Waals surface area contributed by atoms with Crippen LogP contribution in [0.25, 0.3) is 0 Å². The average Bonchev–Trinajstić information content (AvgIpc) is 3.03. The number of aromatic nitrogens is 2. The van der Waals surface area contributed by atoms with Crippen LogP contribution in [0.3, 0.4) is 0 Å². The molecular weight excluding hydrogens is 366 g/mol. The van der Waals surface area contributed by atoms with Crippen LogP contribution in [0.1, 0.15) is 6.42 Å². The highest BCUT2D eigenvalue weighted by Crippen LogP contribution is 2.25. The minimum Gasteiger partial charge on any atom is -0.472 e. The molecule has 7 nitrogen and oxygen atoms in total. The number of sulfonamides is 1. The zero-order chi connectivity index (χ0) is 18.9. The molecule has 2 aromatic rings. The second-order valence-corrected chi connectivity index (χ2v) is 8.04. The molecule has 0 N–H and O–H groups in total. The summed E-state index contributed by atoms with van der Waals surface area (Å²) in [4.78, 5) is 9.67. The molecule has 1 aromatic carbocycles. The van der Waals surface area contributed by atoms with Crippen LogP contribution in [0, 0.1) is 11.6 Å². The van der Waals surface area contributed by atoms with Gasteiger partial charge in [0.05, 0.1) is 23.8 Å². The third-order valence-corrected chi connectivity index (χ3v) is 5.77. The number of halogens is 2. The first kappa shape index (κ1) is 18.5. The van der Waals surface area contributed by atoms with E-state index >= 15 is 0 Å². The van der Waals surface area contributed by atoms with Gasteiger partial charge >= 0.3 is 0 Å². The lowest BCUT2D eigenvalue weighted by Gasteiger charge is -2.18. The van der Waals surface area contributed by atoms with Gasteiger partial charge in [-0.2, -0.15) is 9.29 Å². The average molecular weight is 384 g/mol. The normalized spacial score (nSPS) is 18.1. The minimum absolute atomic E-state index is 0.0638. The van der Waals surface area contributed by atoms with Crippen molar-refractivity contribution >= 4 is 15.8 Å². The zero-order valence-electron chi connectivity index (χ0n) is 14.3. The van der Waals surface area contributed by atoms with Gasteiger partial charge in [-0.25, -0.2) is 17.2 Å². The molecule has 2 heterocycles. The fourth-order valence-corrected chi connectivity index (χ4v) is 4.15. The van der Waals surface area contributed by atoms with Crippen molar-refractivity contribution in [2.75, 3.05) is 32.1 Å². The number of anilines is 1. The Morgan fingerprint density at radius 3 is 2.54 bits per heavy atom. The van der Waals surface area contributed by atoms with Crippen molar-refractivity contribution in [3.63, 3.8) is 0 Å². The lowest BCUT2D eigenvalue weighted by molar-refractivity contribution is 0.206. The number of hydrogen-bond donors (Lipinski definition) is 0. The molecule has 0 saturated carbocycles. The SMILES string of the molecule is CN(C)c1cncc(OC2CCN(S(=O)(=O)c3cc(F)cc(F)c3)C2)n1. The standard InChI is InChI=1S/C16H18F2N4O3S/c1-21(2)15-8-19-9-16(20-15)25-13-3-4-22(10-13)26(23,24)14-6-11(17)5-12(18)7-14/h5-9,13H,3-4,10H2,1-2H3. The molecule has 1 aliphatic heterocycles. The van der Waals surface area contributed by atoms with Gasteiger partial charge < -0.3 is 9.64 Å². The third-order valence-electron chi connectivity index (χ3n) is 3.93. The Bertz CT molecular complexity index is 888. The molecule has 1 aromatic heterocycles. The van der Waals surface area contributed by atoms with Crippen molar-refractivity contribution in [1.29, 1.82) is 0 Å². The Hall–Kier alpha value is -2.33. The van der Waals surface area contributed by atoms with Crippen molar-refractivity contribution in [2.45, 2.75) is 17.4 Å². The highest BCUT2D eigenvalue weighted by Gasteiger charge is 2.34. The maximum Gasteiger partial charge on any atom is 0.243 e. The zero-order valence-corrected chi connectivity index (χ0v) is 15.1. The summed E-state index contributed by atoms with van der Waals surface area (Å²) in [6, 6.07) is 2.24. The maximum atomic E-state index is 13.3. The predicted molar refractivity (Wildman–Crippen MR) is 90.5 cm³/mol. The van der Waals surface area contributed by atoms with Gasteiger partial charge in [0.1, 0.15) is 17.7 Å². The van der Waals surface area contributed by atoms with E-state index in [9.17, 15) is 17.2 Å². The summed E-state index contributed by atoms with van der Waals surface area (Å²) in [5.74, 6) is -0.977. The molecule has 1 fully saturated rings. The molecule has 10 heteroatoms. The van der Waals surface area contributed by atoms with Crippen LogP contribution >= 0.6 is 0 Å². The maximum absolute atomic E-state index is 13.3. The fourth-order valence-electron chi connectivity index (χ4n) is 2.62. The quantitative estimate of drug-likeness (QED) is 0.781. The van der Waals surface area contributed by atoms with E-state index < -0.39 is 32.7 Å². The fraction of sp³-hybridized carbons (Fsp3) is 0.375. The topological polar surface area (TPSA) is 75.6 Å². The number of rotatable bonds is 5. The lowest BCUT2D eigenvalue weighted by Crippen LogP contribution is -2.31. The summed E-state index contributed by atoms with van der Waals surface area (Å²) in [6.07, 6.45) is 3.04. The molecule has 1 unspecified atom stereocenters. The second kappa shape index (κ2) is 7.12. The highest BCUT2D eigenvalue weighted by molar-refractivity contribution is 7.89. The Kier molecular flexibility index (Phi) is 5.05. The van der Waals surface area contributed by atoms with Gasteiger partial charge in [-0.15, -0.1) is 0 Å². The summed E-state index contributed by atoms with van der Waals surface area (Å²) < 4.78 is 58.7. The Morgan fingerprint density at radius 2 is 1.88 bits per heavy atom. The summed E-state index contributed by atoms with van der Waals surface area (Å²) in [6.45, 7) is 0.250. The molecule has 0 amide bonds. The molecule has 140 valence electrons. The predicted octanol–water partition coefficient (Wildman–Crippen LogP) is 1.66. The molecule has 1 atom stereocenters. The van der Waals surface area contributed by atoms with Crippen molar-refractivity contribution in [3.8, 4) is 5.88 Å². The third kappa shape index (κ3) is 3.91. The Balaban J connectivity index is 1.73. The molecule has 3 rings (SSSR count). The van der Waals surface area contributed by atoms with E-state index in [0.717, 1.165) is 16.4 Å². The second-order valence-electron chi connectivity index (χ2n) is 6.11. The van der Waals surface area contributed by atoms with Crippen LogP contribution in [0.15, 0.2) is 35.5 Å². The van der Waals surface area contributed by atoms with Gasteiger partial charge in [-0.1, -0.05) is 0 Å². The van der Waals surface area contributed by atoms with Crippen molar-refractivity contribution < 1.29 is 21.9 Å². The number of hydrogen-bond acceptors (Lipinski definition) is 6. The van der Waals surface area contributed by atoms with Gasteiger partial charge in [0, 0.05) is 26.7 Å². The van der Waals surface area contributed by atoms with Crippen LogP contribution in [-0.4, -0.2) is 56.0 Å². The van der Waals surface area contributed by atoms with Crippen LogP contribution in [0.4, 0.5) is 14.6 Å². The molecular formula is C16H18F2N4O3S. The van der Waals surface area contributed by atoms with Crippen LogP contribution < -0.4 is 9.64 Å². The smallest absolute Gasteiger partial charge is 0.243 e. The highest BCUT2D eigenvalue weighted by atomic mass is 32.2. The Morgan fingerprint density at radius 1 is 1.19 bits per heavy atom. The number of benzene rings is 1. The van der Waals surface area contributed by atoms with Crippen LogP contribution in [-0.2, 0) is 10.0 Å². The van der Waals surface area contributed by atoms with E-state index in [4.69, 9.17) is 4.74 Å². The molecule has 1 saturated heterocycles. The van der Waals surface area contributed by atoms with E-state index in [-0.39, 0.29) is 19.0 Å². The van der Waals surface area contributed by atoms with E-state index in [1.54, 1.807) is 11.1 Å². The molecule has 0 aliphatic carbocycles. The van der Waals surface area contributed by atoms with Gasteiger partial charge in [0.2, 0.25) is 15.9 Å². The molecule has 1 aliphatic rings. The molecule has 26 heavy (non-hydrogen) atoms. The first-order valence-electron chi connectivity index (χ1n) is 7.88. The molecule has 0 radical (unpaired) electrons. The van der Waals surface area contributed by atoms with E-state index in [2.05, 4.69) is 9.97 Å². The van der Waals surface area contributed by atoms with Crippen LogP contribution in [0.5, 0.6) is 5.88 Å². The summed E-state index contributed by atoms with van der Waals surface area (Å²) in [5, 5.41) is 0. The van der Waals surface area contributed by atoms with Gasteiger partial charge in [0.15, 0.2) is 5.82 Å². The Labute approximate surface area is 150 Å². The number of nitrogens with zero attached hydrogens (tertiary/aromatic N) is 4. The van der Waals surface area contributed by atoms with E-state index in [1.165, 1.54) is 6.20 Å². The molecule has 0 bridgehead atoms. The van der Waals surface area contributed by atoms with E-state index in [0.29, 0.717) is 18.3 Å². The largest absolute Gasteiger partial charge is 0.472 e. The summed E-state index contributed by atoms with van der Waals surface area (Å²) in [7, 11) is -0.371. The van der Waals surface area contributed by atoms with E-state index in [1.807, 2.05) is 14.1 Å². The van der Waals surface area contributed by atoms with Gasteiger partial charge in [0.25, 0.3) is 0 Å². The minimum atomic E-state index is -4.00. The monoisotopic (exact) mass is 384 g/mol. The summed E-state index contributed by atoms with van der Waals surface area (Å²) in [5.41, 5.74) is 0. The van der Waals surface area contributed by atoms with Crippen molar-refractivity contribution in [2.24, 2.45) is 0 Å². The lowest BCUT2D eigenvalue weighted by atomic mass is 10.3. The van der Waals surface area contributed by atoms with Gasteiger partial charge in [-0.05, 0) is 18.6 Å². The van der Waals surface area contributed by atoms with Gasteiger partial charge in [-0.3, -0.25) is 4.98 Å². The first-order chi connectivity index (χ1) is 12.3.